The van der Waals surface area contributed by atoms with Crippen LogP contribution in [-0.2, 0) is 10.4 Å². The zero-order chi connectivity index (χ0) is 8.08. The minimum absolute atomic E-state index is 0. The Kier molecular flexibility index (Phi) is 52.9. The molecule has 0 heterocycles. The molecule has 0 saturated heterocycles. The third-order valence-corrected chi connectivity index (χ3v) is 0. The van der Waals surface area contributed by atoms with Gasteiger partial charge < -0.3 is 21.2 Å². The van der Waals surface area contributed by atoms with Crippen LogP contribution in [0.3, 0.4) is 0 Å². The summed E-state index contributed by atoms with van der Waals surface area (Å²) in [5.74, 6) is 0. The smallest absolute Gasteiger partial charge is 0.0149 e. The van der Waals surface area contributed by atoms with Crippen LogP contribution < -0.4 is 0 Å². The van der Waals surface area contributed by atoms with Gasteiger partial charge in [0.1, 0.15) is 0 Å². The first-order valence-electron chi connectivity index (χ1n) is 1.35. The van der Waals surface area contributed by atoms with Crippen LogP contribution in [0.25, 0.3) is 0 Å². The summed E-state index contributed by atoms with van der Waals surface area (Å²) in [7, 11) is -4.67. The second-order valence-electron chi connectivity index (χ2n) is 0.730. The predicted octanol–water partition coefficient (Wildman–Crippen LogP) is -4.45. The minimum atomic E-state index is -4.67. The van der Waals surface area contributed by atoms with E-state index < -0.39 is 16.6 Å². The number of carboxylic acid groups (broad SMARTS) is 2. The maximum absolute atomic E-state index is 8.74. The van der Waals surface area contributed by atoms with Crippen LogP contribution in [0.4, 0.5) is 4.79 Å². The van der Waals surface area contributed by atoms with E-state index in [0.29, 0.717) is 0 Å². The largest absolute Gasteiger partial charge is 0.0149 e. The molecule has 0 aromatic carbocycles. The molecule has 0 bridgehead atoms. The van der Waals surface area contributed by atoms with Crippen molar-refractivity contribution in [3.05, 3.63) is 0 Å². The molecule has 0 aliphatic rings. The Balaban J connectivity index is -0.0000000146. The molecule has 0 aliphatic heterocycles. The zero-order valence-electron chi connectivity index (χ0n) is 4.92. The average Bonchev–Trinajstić information content (AvgIpc) is 1.19. The third kappa shape index (κ3) is 4830. The van der Waals surface area contributed by atoms with E-state index in [2.05, 4.69) is 0 Å². The molecule has 0 fully saturated rings. The molecule has 9 nitrogen and oxygen atoms in total. The zero-order valence-corrected chi connectivity index (χ0v) is 5.74. The maximum Gasteiger partial charge on any atom is -0.0149 e. The SMILES string of the molecule is O.O.O=C(O)O.O=S(=O)(O)O.[CaH2].[SiH4]. The first-order chi connectivity index (χ1) is 3.73. The van der Waals surface area contributed by atoms with Gasteiger partial charge >= 0.3 is 54.3 Å². The number of hydrogen-bond donors (Lipinski definition) is 4. The van der Waals surface area contributed by atoms with Crippen molar-refractivity contribution in [2.24, 2.45) is 0 Å². The van der Waals surface area contributed by atoms with Crippen LogP contribution in [0.5, 0.6) is 0 Å². The molecule has 13 heavy (non-hydrogen) atoms. The number of carbonyl (C=O) groups is 1. The summed E-state index contributed by atoms with van der Waals surface area (Å²) in [5.41, 5.74) is 0. The molecule has 12 heteroatoms. The molecule has 0 rings (SSSR count). The fourth-order valence-electron chi connectivity index (χ4n) is 0. The van der Waals surface area contributed by atoms with Crippen LogP contribution in [0, 0.1) is 0 Å². The molecule has 84 valence electrons. The fraction of sp³-hybridized carbons (Fsp3) is 0. The van der Waals surface area contributed by atoms with Crippen molar-refractivity contribution in [1.29, 1.82) is 0 Å². The molecule has 0 spiro atoms. The summed E-state index contributed by atoms with van der Waals surface area (Å²) in [6, 6.07) is 0. The summed E-state index contributed by atoms with van der Waals surface area (Å²) in [5, 5.41) is 13.9. The Labute approximate surface area is 108 Å². The number of rotatable bonds is 0. The molecule has 0 unspecified atom stereocenters. The molecule has 0 aliphatic carbocycles. The van der Waals surface area contributed by atoms with E-state index in [4.69, 9.17) is 32.5 Å². The van der Waals surface area contributed by atoms with Gasteiger partial charge in [0, 0.05) is 0 Å². The van der Waals surface area contributed by atoms with Crippen molar-refractivity contribution in [1.82, 2.24) is 0 Å². The Morgan fingerprint density at radius 1 is 1.00 bits per heavy atom. The van der Waals surface area contributed by atoms with Gasteiger partial charge in [0.25, 0.3) is 0 Å². The molecule has 0 amide bonds. The summed E-state index contributed by atoms with van der Waals surface area (Å²) < 4.78 is 31.6. The Morgan fingerprint density at radius 2 is 1.00 bits per heavy atom. The molecular formula is CH14CaO9SSi. The molecular weight excluding hydrogens is 256 g/mol. The molecule has 0 aromatic rings. The first kappa shape index (κ1) is 37.5. The molecule has 0 saturated carbocycles. The maximum atomic E-state index is 8.74. The molecule has 0 radical (unpaired) electrons. The van der Waals surface area contributed by atoms with Crippen molar-refractivity contribution in [2.45, 2.75) is 0 Å². The van der Waals surface area contributed by atoms with Gasteiger partial charge in [-0.2, -0.15) is 8.42 Å². The minimum Gasteiger partial charge on any atom is -0.0149 e. The van der Waals surface area contributed by atoms with Gasteiger partial charge in [0.15, 0.2) is 0 Å². The summed E-state index contributed by atoms with van der Waals surface area (Å²) >= 11 is 0. The quantitative estimate of drug-likeness (QED) is 0.251. The van der Waals surface area contributed by atoms with Gasteiger partial charge in [-0.05, 0) is 11.0 Å². The summed E-state index contributed by atoms with van der Waals surface area (Å²) in [4.78, 5) is 8.56. The Hall–Kier alpha value is 0.537. The third-order valence-electron chi connectivity index (χ3n) is 0. The number of hydrogen-bond acceptors (Lipinski definition) is 3. The molecule has 8 N–H and O–H groups in total. The van der Waals surface area contributed by atoms with E-state index >= 15 is 0 Å². The van der Waals surface area contributed by atoms with Crippen molar-refractivity contribution >= 4 is 65.3 Å². The topological polar surface area (TPSA) is 195 Å². The van der Waals surface area contributed by atoms with Gasteiger partial charge in [-0.15, -0.1) is 0 Å². The Morgan fingerprint density at radius 3 is 1.00 bits per heavy atom. The predicted molar refractivity (Wildman–Crippen MR) is 51.9 cm³/mol. The van der Waals surface area contributed by atoms with E-state index in [1.54, 1.807) is 0 Å². The van der Waals surface area contributed by atoms with Gasteiger partial charge in [0.05, 0.1) is 0 Å². The van der Waals surface area contributed by atoms with Crippen LogP contribution in [0.2, 0.25) is 0 Å². The van der Waals surface area contributed by atoms with Gasteiger partial charge in [-0.3, -0.25) is 9.11 Å². The van der Waals surface area contributed by atoms with Gasteiger partial charge in [-0.1, -0.05) is 0 Å². The van der Waals surface area contributed by atoms with E-state index in [0.717, 1.165) is 0 Å². The van der Waals surface area contributed by atoms with Crippen LogP contribution in [-0.4, -0.2) is 93.5 Å². The summed E-state index contributed by atoms with van der Waals surface area (Å²) in [6.07, 6.45) is -1.83. The second kappa shape index (κ2) is 18.3. The van der Waals surface area contributed by atoms with Crippen molar-refractivity contribution in [3.8, 4) is 0 Å². The van der Waals surface area contributed by atoms with Crippen molar-refractivity contribution < 1.29 is 43.5 Å². The Bertz CT molecular complexity index is 162. The van der Waals surface area contributed by atoms with E-state index in [1.165, 1.54) is 0 Å². The monoisotopic (exact) mass is 270 g/mol. The second-order valence-corrected chi connectivity index (χ2v) is 1.63. The van der Waals surface area contributed by atoms with E-state index in [1.807, 2.05) is 0 Å². The first-order valence-corrected chi connectivity index (χ1v) is 2.75. The van der Waals surface area contributed by atoms with Crippen LogP contribution >= 0.6 is 0 Å². The van der Waals surface area contributed by atoms with E-state index in [-0.39, 0.29) is 59.7 Å². The molecule has 0 aromatic heterocycles. The normalized spacial score (nSPS) is 6.31. The molecule has 0 atom stereocenters. The van der Waals surface area contributed by atoms with Crippen LogP contribution in [0.15, 0.2) is 0 Å². The van der Waals surface area contributed by atoms with E-state index in [9.17, 15) is 0 Å². The van der Waals surface area contributed by atoms with Crippen molar-refractivity contribution in [3.63, 3.8) is 0 Å². The van der Waals surface area contributed by atoms with Crippen LogP contribution in [0.1, 0.15) is 0 Å². The van der Waals surface area contributed by atoms with Gasteiger partial charge in [-0.25, -0.2) is 4.79 Å². The van der Waals surface area contributed by atoms with Gasteiger partial charge in [0.2, 0.25) is 0 Å². The average molecular weight is 270 g/mol. The van der Waals surface area contributed by atoms with Crippen molar-refractivity contribution in [2.75, 3.05) is 0 Å². The summed E-state index contributed by atoms with van der Waals surface area (Å²) in [6.45, 7) is 0. The fourth-order valence-corrected chi connectivity index (χ4v) is 0. The standard InChI is InChI=1S/CH2O3.Ca.H2O4S.2H2O.H4Si.2H/c2-1(3)4;;1-5(2,3)4;;;;;/h(H2,2,3,4);;(H2,1,2,3,4);2*1H2;1H4;;.